The van der Waals surface area contributed by atoms with E-state index in [1.165, 1.54) is 5.56 Å². The van der Waals surface area contributed by atoms with Gasteiger partial charge in [-0.15, -0.1) is 5.92 Å². The molecule has 0 bridgehead atoms. The van der Waals surface area contributed by atoms with Gasteiger partial charge in [0.15, 0.2) is 0 Å². The molecule has 0 spiro atoms. The van der Waals surface area contributed by atoms with E-state index < -0.39 is 0 Å². The molecule has 2 N–H and O–H groups in total. The molecule has 1 atom stereocenters. The van der Waals surface area contributed by atoms with Gasteiger partial charge in [-0.2, -0.15) is 0 Å². The molecule has 1 nitrogen and oxygen atoms in total. The highest BCUT2D eigenvalue weighted by Gasteiger charge is 2.01. The van der Waals surface area contributed by atoms with E-state index in [1.807, 2.05) is 32.0 Å². The third-order valence-electron chi connectivity index (χ3n) is 1.82. The minimum absolute atomic E-state index is 0.194. The zero-order valence-corrected chi connectivity index (χ0v) is 8.17. The van der Waals surface area contributed by atoms with Crippen LogP contribution in [0, 0.1) is 11.8 Å². The Kier molecular flexibility index (Phi) is 3.54. The van der Waals surface area contributed by atoms with Crippen LogP contribution in [-0.2, 0) is 6.42 Å². The van der Waals surface area contributed by atoms with Gasteiger partial charge in [0, 0.05) is 11.6 Å². The molecule has 1 aromatic carbocycles. The molecule has 0 aliphatic carbocycles. The van der Waals surface area contributed by atoms with Crippen molar-refractivity contribution in [3.63, 3.8) is 0 Å². The Morgan fingerprint density at radius 2 is 2.08 bits per heavy atom. The molecule has 0 saturated carbocycles. The molecule has 0 fully saturated rings. The van der Waals surface area contributed by atoms with Crippen LogP contribution < -0.4 is 5.73 Å². The standard InChI is InChI=1S/C12H15N/c1-3-6-11-7-4-5-8-12(11)9-10(2)13/h4-5,7-8,10H,9,13H2,1-2H3. The maximum absolute atomic E-state index is 5.74. The summed E-state index contributed by atoms with van der Waals surface area (Å²) in [5.41, 5.74) is 8.08. The first-order chi connectivity index (χ1) is 6.24. The van der Waals surface area contributed by atoms with Gasteiger partial charge in [-0.1, -0.05) is 24.1 Å². The van der Waals surface area contributed by atoms with Crippen molar-refractivity contribution in [3.05, 3.63) is 35.4 Å². The van der Waals surface area contributed by atoms with Gasteiger partial charge in [0.05, 0.1) is 0 Å². The third kappa shape index (κ3) is 2.93. The molecular weight excluding hydrogens is 158 g/mol. The highest BCUT2D eigenvalue weighted by Crippen LogP contribution is 2.09. The van der Waals surface area contributed by atoms with E-state index in [1.54, 1.807) is 0 Å². The highest BCUT2D eigenvalue weighted by atomic mass is 14.6. The molecule has 1 rings (SSSR count). The summed E-state index contributed by atoms with van der Waals surface area (Å²) in [6, 6.07) is 8.35. The second-order valence-electron chi connectivity index (χ2n) is 3.21. The molecule has 0 heterocycles. The molecule has 0 aromatic heterocycles. The van der Waals surface area contributed by atoms with Crippen LogP contribution in [0.3, 0.4) is 0 Å². The Balaban J connectivity index is 2.95. The average Bonchev–Trinajstić information content (AvgIpc) is 2.08. The van der Waals surface area contributed by atoms with Crippen molar-refractivity contribution in [2.45, 2.75) is 26.3 Å². The first-order valence-corrected chi connectivity index (χ1v) is 4.50. The third-order valence-corrected chi connectivity index (χ3v) is 1.82. The molecule has 1 heteroatoms. The number of rotatable bonds is 2. The minimum atomic E-state index is 0.194. The topological polar surface area (TPSA) is 26.0 Å². The van der Waals surface area contributed by atoms with Crippen LogP contribution in [0.1, 0.15) is 25.0 Å². The SMILES string of the molecule is CC#Cc1ccccc1CC(C)N. The molecule has 0 radical (unpaired) electrons. The molecule has 0 aliphatic heterocycles. The van der Waals surface area contributed by atoms with Crippen molar-refractivity contribution in [1.29, 1.82) is 0 Å². The van der Waals surface area contributed by atoms with Gasteiger partial charge < -0.3 is 5.73 Å². The van der Waals surface area contributed by atoms with Crippen LogP contribution in [-0.4, -0.2) is 6.04 Å². The van der Waals surface area contributed by atoms with Crippen LogP contribution in [0.2, 0.25) is 0 Å². The normalized spacial score (nSPS) is 11.6. The number of hydrogen-bond donors (Lipinski definition) is 1. The second-order valence-corrected chi connectivity index (χ2v) is 3.21. The molecule has 68 valence electrons. The zero-order valence-electron chi connectivity index (χ0n) is 8.17. The second kappa shape index (κ2) is 4.69. The van der Waals surface area contributed by atoms with Gasteiger partial charge in [0.25, 0.3) is 0 Å². The molecule has 0 amide bonds. The van der Waals surface area contributed by atoms with Crippen molar-refractivity contribution in [2.75, 3.05) is 0 Å². The Hall–Kier alpha value is -1.26. The Bertz CT molecular complexity index is 328. The largest absolute Gasteiger partial charge is 0.328 e. The van der Waals surface area contributed by atoms with E-state index in [2.05, 4.69) is 17.9 Å². The van der Waals surface area contributed by atoms with Crippen LogP contribution in [0.15, 0.2) is 24.3 Å². The summed E-state index contributed by atoms with van der Waals surface area (Å²) in [4.78, 5) is 0. The summed E-state index contributed by atoms with van der Waals surface area (Å²) in [5.74, 6) is 5.98. The van der Waals surface area contributed by atoms with E-state index in [-0.39, 0.29) is 6.04 Å². The lowest BCUT2D eigenvalue weighted by atomic mass is 10.0. The van der Waals surface area contributed by atoms with Gasteiger partial charge in [-0.3, -0.25) is 0 Å². The number of nitrogens with two attached hydrogens (primary N) is 1. The van der Waals surface area contributed by atoms with Crippen molar-refractivity contribution < 1.29 is 0 Å². The Morgan fingerprint density at radius 1 is 1.38 bits per heavy atom. The molecule has 0 saturated heterocycles. The van der Waals surface area contributed by atoms with Crippen LogP contribution in [0.5, 0.6) is 0 Å². The van der Waals surface area contributed by atoms with Crippen LogP contribution in [0.4, 0.5) is 0 Å². The molecule has 13 heavy (non-hydrogen) atoms. The lowest BCUT2D eigenvalue weighted by Gasteiger charge is -2.06. The lowest BCUT2D eigenvalue weighted by molar-refractivity contribution is 0.737. The lowest BCUT2D eigenvalue weighted by Crippen LogP contribution is -2.18. The number of hydrogen-bond acceptors (Lipinski definition) is 1. The predicted octanol–water partition coefficient (Wildman–Crippen LogP) is 1.95. The zero-order chi connectivity index (χ0) is 9.68. The van der Waals surface area contributed by atoms with Crippen molar-refractivity contribution in [2.24, 2.45) is 5.73 Å². The summed E-state index contributed by atoms with van der Waals surface area (Å²) in [5, 5.41) is 0. The van der Waals surface area contributed by atoms with Gasteiger partial charge >= 0.3 is 0 Å². The fraction of sp³-hybridized carbons (Fsp3) is 0.333. The molecular formula is C12H15N. The average molecular weight is 173 g/mol. The predicted molar refractivity (Wildman–Crippen MR) is 56.3 cm³/mol. The van der Waals surface area contributed by atoms with Gasteiger partial charge in [0.2, 0.25) is 0 Å². The van der Waals surface area contributed by atoms with E-state index in [4.69, 9.17) is 5.73 Å². The van der Waals surface area contributed by atoms with Crippen LogP contribution >= 0.6 is 0 Å². The molecule has 1 aromatic rings. The van der Waals surface area contributed by atoms with Crippen molar-refractivity contribution in [1.82, 2.24) is 0 Å². The molecule has 1 unspecified atom stereocenters. The van der Waals surface area contributed by atoms with Crippen molar-refractivity contribution in [3.8, 4) is 11.8 Å². The van der Waals surface area contributed by atoms with E-state index >= 15 is 0 Å². The maximum atomic E-state index is 5.74. The fourth-order valence-corrected chi connectivity index (χ4v) is 1.30. The Morgan fingerprint density at radius 3 is 2.69 bits per heavy atom. The highest BCUT2D eigenvalue weighted by molar-refractivity contribution is 5.41. The summed E-state index contributed by atoms with van der Waals surface area (Å²) in [6.07, 6.45) is 0.894. The van der Waals surface area contributed by atoms with Gasteiger partial charge in [-0.25, -0.2) is 0 Å². The Labute approximate surface area is 80.0 Å². The number of benzene rings is 1. The summed E-state index contributed by atoms with van der Waals surface area (Å²) in [7, 11) is 0. The van der Waals surface area contributed by atoms with E-state index in [0.717, 1.165) is 12.0 Å². The van der Waals surface area contributed by atoms with Gasteiger partial charge in [0.1, 0.15) is 0 Å². The van der Waals surface area contributed by atoms with E-state index in [0.29, 0.717) is 0 Å². The summed E-state index contributed by atoms with van der Waals surface area (Å²) < 4.78 is 0. The summed E-state index contributed by atoms with van der Waals surface area (Å²) >= 11 is 0. The molecule has 0 aliphatic rings. The minimum Gasteiger partial charge on any atom is -0.328 e. The smallest absolute Gasteiger partial charge is 0.0277 e. The first kappa shape index (κ1) is 9.83. The quantitative estimate of drug-likeness (QED) is 0.680. The maximum Gasteiger partial charge on any atom is 0.0277 e. The first-order valence-electron chi connectivity index (χ1n) is 4.50. The van der Waals surface area contributed by atoms with Gasteiger partial charge in [-0.05, 0) is 31.9 Å². The van der Waals surface area contributed by atoms with Crippen molar-refractivity contribution >= 4 is 0 Å². The summed E-state index contributed by atoms with van der Waals surface area (Å²) in [6.45, 7) is 3.86. The monoisotopic (exact) mass is 173 g/mol. The fourth-order valence-electron chi connectivity index (χ4n) is 1.30. The van der Waals surface area contributed by atoms with E-state index in [9.17, 15) is 0 Å². The van der Waals surface area contributed by atoms with Crippen LogP contribution in [0.25, 0.3) is 0 Å².